The van der Waals surface area contributed by atoms with Crippen LogP contribution in [-0.4, -0.2) is 16.7 Å². The van der Waals surface area contributed by atoms with Gasteiger partial charge in [0.15, 0.2) is 0 Å². The number of halogens is 4. The minimum atomic E-state index is -4.52. The first-order chi connectivity index (χ1) is 8.97. The number of pyridine rings is 1. The lowest BCUT2D eigenvalue weighted by Crippen LogP contribution is -2.32. The molecular weight excluding hydrogens is 297 g/mol. The molecule has 0 unspecified atom stereocenters. The number of ether oxygens (including phenoxy) is 1. The summed E-state index contributed by atoms with van der Waals surface area (Å²) >= 11 is 5.52. The molecule has 20 heavy (non-hydrogen) atoms. The molecule has 1 rings (SSSR count). The maximum Gasteiger partial charge on any atom is 0.416 e. The molecule has 0 atom stereocenters. The van der Waals surface area contributed by atoms with E-state index in [-0.39, 0.29) is 17.4 Å². The van der Waals surface area contributed by atoms with Gasteiger partial charge in [-0.25, -0.2) is 9.78 Å². The number of carbonyl (C=O) groups is 1. The first-order valence-corrected chi connectivity index (χ1v) is 6.06. The van der Waals surface area contributed by atoms with Crippen LogP contribution in [0.5, 0.6) is 0 Å². The van der Waals surface area contributed by atoms with Gasteiger partial charge in [-0.1, -0.05) is 11.6 Å². The predicted octanol–water partition coefficient (Wildman–Crippen LogP) is 3.78. The Morgan fingerprint density at radius 1 is 1.35 bits per heavy atom. The lowest BCUT2D eigenvalue weighted by molar-refractivity contribution is -0.137. The van der Waals surface area contributed by atoms with Crippen LogP contribution in [-0.2, 0) is 17.5 Å². The molecule has 1 N–H and O–H groups in total. The summed E-state index contributed by atoms with van der Waals surface area (Å²) in [5, 5.41) is 2.02. The Bertz CT molecular complexity index is 498. The monoisotopic (exact) mass is 310 g/mol. The molecule has 0 aliphatic heterocycles. The molecule has 0 saturated heterocycles. The summed E-state index contributed by atoms with van der Waals surface area (Å²) in [6, 6.07) is 1.54. The molecule has 1 aromatic rings. The third-order valence-electron chi connectivity index (χ3n) is 1.99. The minimum absolute atomic E-state index is 0.00400. The van der Waals surface area contributed by atoms with Gasteiger partial charge >= 0.3 is 12.3 Å². The number of rotatable bonds is 2. The number of alkyl halides is 3. The second-order valence-corrected chi connectivity index (χ2v) is 5.41. The van der Waals surface area contributed by atoms with Crippen LogP contribution >= 0.6 is 11.6 Å². The Morgan fingerprint density at radius 2 is 1.95 bits per heavy atom. The van der Waals surface area contributed by atoms with Gasteiger partial charge in [-0.3, -0.25) is 0 Å². The van der Waals surface area contributed by atoms with Crippen molar-refractivity contribution in [2.45, 2.75) is 39.1 Å². The van der Waals surface area contributed by atoms with Crippen LogP contribution in [0.25, 0.3) is 0 Å². The molecule has 0 aromatic carbocycles. The molecule has 0 spiro atoms. The van der Waals surface area contributed by atoms with Gasteiger partial charge < -0.3 is 10.1 Å². The highest BCUT2D eigenvalue weighted by atomic mass is 35.5. The highest BCUT2D eigenvalue weighted by Crippen LogP contribution is 2.30. The summed E-state index contributed by atoms with van der Waals surface area (Å²) in [5.41, 5.74) is -1.61. The Labute approximate surface area is 119 Å². The Hall–Kier alpha value is -1.50. The Morgan fingerprint density at radius 3 is 2.45 bits per heavy atom. The van der Waals surface area contributed by atoms with E-state index >= 15 is 0 Å². The fourth-order valence-corrected chi connectivity index (χ4v) is 1.51. The number of nitrogens with zero attached hydrogens (tertiary/aromatic N) is 1. The van der Waals surface area contributed by atoms with Crippen LogP contribution in [0.2, 0.25) is 5.15 Å². The van der Waals surface area contributed by atoms with Gasteiger partial charge in [0.05, 0.1) is 17.8 Å². The van der Waals surface area contributed by atoms with Crippen molar-refractivity contribution in [1.82, 2.24) is 10.3 Å². The molecule has 4 nitrogen and oxygen atoms in total. The van der Waals surface area contributed by atoms with E-state index in [9.17, 15) is 18.0 Å². The minimum Gasteiger partial charge on any atom is -0.444 e. The second kappa shape index (κ2) is 5.87. The van der Waals surface area contributed by atoms with Crippen molar-refractivity contribution >= 4 is 17.7 Å². The molecule has 0 bridgehead atoms. The third-order valence-corrected chi connectivity index (χ3v) is 2.18. The summed E-state index contributed by atoms with van der Waals surface area (Å²) in [6.07, 6.45) is -5.26. The molecule has 1 aromatic heterocycles. The third kappa shape index (κ3) is 5.64. The van der Waals surface area contributed by atoms with Gasteiger partial charge in [0.25, 0.3) is 0 Å². The summed E-state index contributed by atoms with van der Waals surface area (Å²) in [6.45, 7) is 4.81. The molecule has 0 saturated carbocycles. The average Bonchev–Trinajstić information content (AvgIpc) is 2.22. The van der Waals surface area contributed by atoms with Crippen molar-refractivity contribution in [3.63, 3.8) is 0 Å². The zero-order chi connectivity index (χ0) is 15.6. The van der Waals surface area contributed by atoms with Gasteiger partial charge in [0, 0.05) is 0 Å². The average molecular weight is 311 g/mol. The Balaban J connectivity index is 2.74. The molecule has 1 heterocycles. The van der Waals surface area contributed by atoms with Crippen molar-refractivity contribution < 1.29 is 22.7 Å². The van der Waals surface area contributed by atoms with Crippen molar-refractivity contribution in [2.24, 2.45) is 0 Å². The molecular formula is C12H14ClF3N2O2. The highest BCUT2D eigenvalue weighted by Gasteiger charge is 2.31. The van der Waals surface area contributed by atoms with E-state index in [1.54, 1.807) is 20.8 Å². The summed E-state index contributed by atoms with van der Waals surface area (Å²) in [7, 11) is 0. The van der Waals surface area contributed by atoms with E-state index in [4.69, 9.17) is 16.3 Å². The van der Waals surface area contributed by atoms with Crippen molar-refractivity contribution in [3.05, 3.63) is 28.5 Å². The lowest BCUT2D eigenvalue weighted by atomic mass is 10.2. The van der Waals surface area contributed by atoms with Crippen LogP contribution in [0, 0.1) is 0 Å². The topological polar surface area (TPSA) is 51.2 Å². The fraction of sp³-hybridized carbons (Fsp3) is 0.500. The maximum absolute atomic E-state index is 12.6. The number of hydrogen-bond donors (Lipinski definition) is 1. The smallest absolute Gasteiger partial charge is 0.416 e. The summed E-state index contributed by atoms with van der Waals surface area (Å²) < 4.78 is 42.7. The van der Waals surface area contributed by atoms with Crippen LogP contribution in [0.3, 0.4) is 0 Å². The molecule has 8 heteroatoms. The van der Waals surface area contributed by atoms with E-state index in [1.807, 2.05) is 0 Å². The number of aromatic nitrogens is 1. The number of nitrogens with one attached hydrogen (secondary N) is 1. The van der Waals surface area contributed by atoms with Gasteiger partial charge in [-0.05, 0) is 32.9 Å². The quantitative estimate of drug-likeness (QED) is 0.846. The van der Waals surface area contributed by atoms with E-state index in [0.29, 0.717) is 0 Å². The number of alkyl carbamates (subject to hydrolysis) is 1. The van der Waals surface area contributed by atoms with Crippen molar-refractivity contribution in [2.75, 3.05) is 0 Å². The second-order valence-electron chi connectivity index (χ2n) is 5.02. The fourth-order valence-electron chi connectivity index (χ4n) is 1.28. The van der Waals surface area contributed by atoms with E-state index in [1.165, 1.54) is 0 Å². The Kier molecular flexibility index (Phi) is 4.86. The number of carbonyl (C=O) groups excluding carboxylic acids is 1. The van der Waals surface area contributed by atoms with Crippen LogP contribution < -0.4 is 5.32 Å². The zero-order valence-electron chi connectivity index (χ0n) is 11.1. The molecule has 112 valence electrons. The van der Waals surface area contributed by atoms with Crippen molar-refractivity contribution in [1.29, 1.82) is 0 Å². The molecule has 0 fully saturated rings. The standard InChI is InChI=1S/C12H14ClF3N2O2/c1-11(2,3)20-10(19)17-6-8-4-7(12(14,15)16)5-9(13)18-8/h4-5H,6H2,1-3H3,(H,17,19). The van der Waals surface area contributed by atoms with E-state index in [2.05, 4.69) is 10.3 Å². The number of amides is 1. The first kappa shape index (κ1) is 16.6. The molecule has 0 aliphatic carbocycles. The molecule has 1 amide bonds. The number of hydrogen-bond acceptors (Lipinski definition) is 3. The summed E-state index contributed by atoms with van der Waals surface area (Å²) in [5.74, 6) is 0. The van der Waals surface area contributed by atoms with Crippen molar-refractivity contribution in [3.8, 4) is 0 Å². The largest absolute Gasteiger partial charge is 0.444 e. The SMILES string of the molecule is CC(C)(C)OC(=O)NCc1cc(C(F)(F)F)cc(Cl)n1. The molecule has 0 radical (unpaired) electrons. The predicted molar refractivity (Wildman–Crippen MR) is 67.3 cm³/mol. The molecule has 0 aliphatic rings. The normalized spacial score (nSPS) is 12.2. The van der Waals surface area contributed by atoms with Gasteiger partial charge in [0.2, 0.25) is 0 Å². The highest BCUT2D eigenvalue weighted by molar-refractivity contribution is 6.29. The van der Waals surface area contributed by atoms with E-state index < -0.39 is 23.4 Å². The van der Waals surface area contributed by atoms with Gasteiger partial charge in [-0.15, -0.1) is 0 Å². The van der Waals surface area contributed by atoms with Crippen LogP contribution in [0.4, 0.5) is 18.0 Å². The van der Waals surface area contributed by atoms with E-state index in [0.717, 1.165) is 12.1 Å². The maximum atomic E-state index is 12.6. The first-order valence-electron chi connectivity index (χ1n) is 5.68. The van der Waals surface area contributed by atoms with Gasteiger partial charge in [-0.2, -0.15) is 13.2 Å². The zero-order valence-corrected chi connectivity index (χ0v) is 11.9. The van der Waals surface area contributed by atoms with Crippen LogP contribution in [0.1, 0.15) is 32.0 Å². The summed E-state index contributed by atoms with van der Waals surface area (Å²) in [4.78, 5) is 15.1. The van der Waals surface area contributed by atoms with Crippen LogP contribution in [0.15, 0.2) is 12.1 Å². The van der Waals surface area contributed by atoms with Gasteiger partial charge in [0.1, 0.15) is 10.8 Å². The lowest BCUT2D eigenvalue weighted by Gasteiger charge is -2.19.